The van der Waals surface area contributed by atoms with Crippen LogP contribution in [0.5, 0.6) is 0 Å². The third kappa shape index (κ3) is 16.9. The van der Waals surface area contributed by atoms with Gasteiger partial charge >= 0.3 is 5.97 Å². The van der Waals surface area contributed by atoms with Crippen molar-refractivity contribution in [2.24, 2.45) is 0 Å². The Morgan fingerprint density at radius 1 is 0.962 bits per heavy atom. The monoisotopic (exact) mass is 388 g/mol. The minimum absolute atomic E-state index is 0.150. The number of carboxylic acid groups (broad SMARTS) is 1. The summed E-state index contributed by atoms with van der Waals surface area (Å²) in [6, 6.07) is 0. The average molecular weight is 389 g/mol. The highest BCUT2D eigenvalue weighted by Gasteiger charge is 2.15. The van der Waals surface area contributed by atoms with Crippen LogP contribution in [0.25, 0.3) is 0 Å². The Kier molecular flexibility index (Phi) is 18.9. The molecule has 3 N–H and O–H groups in total. The molecule has 0 spiro atoms. The minimum Gasteiger partial charge on any atom is -0.481 e. The average Bonchev–Trinajstić information content (AvgIpc) is 2.63. The standard InChI is InChI=1S/C21H40O4S/c1-2-3-4-5-6-7-8-9-10-11-12-13-15-20(19(23)18-22)26-17-14-16-21(24)25/h13,15,19-20,22-23H,2-12,14,16-18H2,1H3,(H,24,25)/b15-13-. The molecular weight excluding hydrogens is 348 g/mol. The first-order chi connectivity index (χ1) is 12.6. The summed E-state index contributed by atoms with van der Waals surface area (Å²) in [5.41, 5.74) is 0. The lowest BCUT2D eigenvalue weighted by atomic mass is 10.1. The molecule has 0 aliphatic rings. The number of allylic oxidation sites excluding steroid dienone is 1. The van der Waals surface area contributed by atoms with Gasteiger partial charge in [-0.15, -0.1) is 0 Å². The number of unbranched alkanes of at least 4 members (excludes halogenated alkanes) is 10. The van der Waals surface area contributed by atoms with E-state index in [1.54, 1.807) is 0 Å². The molecule has 0 saturated heterocycles. The van der Waals surface area contributed by atoms with E-state index < -0.39 is 12.1 Å². The molecular formula is C21H40O4S. The van der Waals surface area contributed by atoms with Crippen LogP contribution in [-0.2, 0) is 4.79 Å². The number of aliphatic hydroxyl groups excluding tert-OH is 2. The number of aliphatic carboxylic acids is 1. The lowest BCUT2D eigenvalue weighted by Crippen LogP contribution is -2.25. The largest absolute Gasteiger partial charge is 0.481 e. The molecule has 0 radical (unpaired) electrons. The molecule has 0 amide bonds. The van der Waals surface area contributed by atoms with Crippen molar-refractivity contribution in [3.05, 3.63) is 12.2 Å². The van der Waals surface area contributed by atoms with Crippen molar-refractivity contribution in [3.63, 3.8) is 0 Å². The van der Waals surface area contributed by atoms with Gasteiger partial charge in [-0.25, -0.2) is 0 Å². The molecule has 4 nitrogen and oxygen atoms in total. The number of rotatable bonds is 19. The summed E-state index contributed by atoms with van der Waals surface area (Å²) >= 11 is 1.52. The maximum atomic E-state index is 10.5. The first-order valence-electron chi connectivity index (χ1n) is 10.4. The second-order valence-electron chi connectivity index (χ2n) is 6.98. The van der Waals surface area contributed by atoms with E-state index in [-0.39, 0.29) is 18.3 Å². The third-order valence-corrected chi connectivity index (χ3v) is 5.84. The van der Waals surface area contributed by atoms with Gasteiger partial charge in [-0.2, -0.15) is 11.8 Å². The highest BCUT2D eigenvalue weighted by atomic mass is 32.2. The van der Waals surface area contributed by atoms with Gasteiger partial charge in [0.1, 0.15) is 0 Å². The topological polar surface area (TPSA) is 77.8 Å². The molecule has 0 bridgehead atoms. The Morgan fingerprint density at radius 2 is 1.54 bits per heavy atom. The highest BCUT2D eigenvalue weighted by molar-refractivity contribution is 8.00. The van der Waals surface area contributed by atoms with Gasteiger partial charge in [0.05, 0.1) is 18.0 Å². The zero-order valence-electron chi connectivity index (χ0n) is 16.6. The predicted molar refractivity (Wildman–Crippen MR) is 112 cm³/mol. The van der Waals surface area contributed by atoms with Crippen molar-refractivity contribution < 1.29 is 20.1 Å². The van der Waals surface area contributed by atoms with Crippen molar-refractivity contribution in [3.8, 4) is 0 Å². The molecule has 0 aliphatic heterocycles. The van der Waals surface area contributed by atoms with Gasteiger partial charge in [0.15, 0.2) is 0 Å². The van der Waals surface area contributed by atoms with Gasteiger partial charge in [-0.05, 0) is 25.0 Å². The van der Waals surface area contributed by atoms with Crippen LogP contribution in [0.3, 0.4) is 0 Å². The van der Waals surface area contributed by atoms with Crippen LogP contribution in [0.2, 0.25) is 0 Å². The molecule has 0 saturated carbocycles. The Balaban J connectivity index is 3.70. The van der Waals surface area contributed by atoms with Crippen molar-refractivity contribution in [2.45, 2.75) is 102 Å². The van der Waals surface area contributed by atoms with Gasteiger partial charge in [0.25, 0.3) is 0 Å². The lowest BCUT2D eigenvalue weighted by molar-refractivity contribution is -0.137. The van der Waals surface area contributed by atoms with Crippen molar-refractivity contribution in [1.29, 1.82) is 0 Å². The van der Waals surface area contributed by atoms with Crippen LogP contribution >= 0.6 is 11.8 Å². The molecule has 0 aromatic heterocycles. The third-order valence-electron chi connectivity index (χ3n) is 4.46. The predicted octanol–water partition coefficient (Wildman–Crippen LogP) is 5.17. The molecule has 0 rings (SSSR count). The van der Waals surface area contributed by atoms with Crippen LogP contribution in [0.1, 0.15) is 90.4 Å². The summed E-state index contributed by atoms with van der Waals surface area (Å²) in [5, 5.41) is 27.5. The van der Waals surface area contributed by atoms with Gasteiger partial charge in [0, 0.05) is 6.42 Å². The summed E-state index contributed by atoms with van der Waals surface area (Å²) in [6.07, 6.45) is 18.3. The van der Waals surface area contributed by atoms with E-state index in [0.29, 0.717) is 12.2 Å². The first-order valence-corrected chi connectivity index (χ1v) is 11.5. The molecule has 0 aliphatic carbocycles. The maximum Gasteiger partial charge on any atom is 0.303 e. The van der Waals surface area contributed by atoms with Crippen LogP contribution in [-0.4, -0.2) is 45.0 Å². The second kappa shape index (κ2) is 19.2. The SMILES string of the molecule is CCCCCCCCCCCC/C=C\C(SCCCC(=O)O)C(O)CO. The van der Waals surface area contributed by atoms with Gasteiger partial charge in [0.2, 0.25) is 0 Å². The lowest BCUT2D eigenvalue weighted by Gasteiger charge is -2.17. The van der Waals surface area contributed by atoms with Crippen LogP contribution in [0.4, 0.5) is 0 Å². The molecule has 2 atom stereocenters. The molecule has 0 fully saturated rings. The molecule has 154 valence electrons. The molecule has 0 heterocycles. The van der Waals surface area contributed by atoms with Gasteiger partial charge in [-0.1, -0.05) is 76.9 Å². The van der Waals surface area contributed by atoms with Crippen molar-refractivity contribution >= 4 is 17.7 Å². The van der Waals surface area contributed by atoms with Crippen molar-refractivity contribution in [1.82, 2.24) is 0 Å². The van der Waals surface area contributed by atoms with Gasteiger partial charge in [-0.3, -0.25) is 4.79 Å². The van der Waals surface area contributed by atoms with E-state index in [9.17, 15) is 9.90 Å². The Labute approximate surface area is 164 Å². The summed E-state index contributed by atoms with van der Waals surface area (Å²) in [6.45, 7) is 1.98. The van der Waals surface area contributed by atoms with E-state index in [0.717, 1.165) is 12.8 Å². The fourth-order valence-electron chi connectivity index (χ4n) is 2.82. The summed E-state index contributed by atoms with van der Waals surface area (Å²) < 4.78 is 0. The Hall–Kier alpha value is -0.520. The number of thioether (sulfide) groups is 1. The van der Waals surface area contributed by atoms with E-state index in [1.165, 1.54) is 69.5 Å². The number of carbonyl (C=O) groups is 1. The van der Waals surface area contributed by atoms with E-state index >= 15 is 0 Å². The first kappa shape index (κ1) is 25.5. The van der Waals surface area contributed by atoms with Gasteiger partial charge < -0.3 is 15.3 Å². The van der Waals surface area contributed by atoms with E-state index in [1.807, 2.05) is 6.08 Å². The minimum atomic E-state index is -0.790. The van der Waals surface area contributed by atoms with Crippen molar-refractivity contribution in [2.75, 3.05) is 12.4 Å². The van der Waals surface area contributed by atoms with E-state index in [4.69, 9.17) is 10.2 Å². The number of hydrogen-bond acceptors (Lipinski definition) is 4. The van der Waals surface area contributed by atoms with Crippen LogP contribution < -0.4 is 0 Å². The summed E-state index contributed by atoms with van der Waals surface area (Å²) in [7, 11) is 0. The molecule has 5 heteroatoms. The molecule has 0 aromatic carbocycles. The second-order valence-corrected chi connectivity index (χ2v) is 8.27. The van der Waals surface area contributed by atoms with E-state index in [2.05, 4.69) is 13.0 Å². The maximum absolute atomic E-state index is 10.5. The molecule has 2 unspecified atom stereocenters. The fraction of sp³-hybridized carbons (Fsp3) is 0.857. The number of carboxylic acids is 1. The fourth-order valence-corrected chi connectivity index (χ4v) is 3.94. The summed E-state index contributed by atoms with van der Waals surface area (Å²) in [4.78, 5) is 10.5. The number of aliphatic hydroxyl groups is 2. The summed E-state index contributed by atoms with van der Waals surface area (Å²) in [5.74, 6) is -0.113. The number of hydrogen-bond donors (Lipinski definition) is 3. The zero-order chi connectivity index (χ0) is 19.5. The smallest absolute Gasteiger partial charge is 0.303 e. The normalized spacial score (nSPS) is 14.0. The van der Waals surface area contributed by atoms with Crippen LogP contribution in [0, 0.1) is 0 Å². The Morgan fingerprint density at radius 3 is 2.08 bits per heavy atom. The zero-order valence-corrected chi connectivity index (χ0v) is 17.4. The highest BCUT2D eigenvalue weighted by Crippen LogP contribution is 2.19. The molecule has 0 aromatic rings. The Bertz CT molecular complexity index is 347. The quantitative estimate of drug-likeness (QED) is 0.210. The van der Waals surface area contributed by atoms with Crippen LogP contribution in [0.15, 0.2) is 12.2 Å². The molecule has 26 heavy (non-hydrogen) atoms.